The molecule has 0 spiro atoms. The molecule has 24 heavy (non-hydrogen) atoms. The summed E-state index contributed by atoms with van der Waals surface area (Å²) in [6, 6.07) is 10.4. The molecule has 0 saturated heterocycles. The number of benzene rings is 1. The maximum Gasteiger partial charge on any atom is 0.258 e. The quantitative estimate of drug-likeness (QED) is 0.692. The molecule has 1 fully saturated rings. The van der Waals surface area contributed by atoms with Crippen molar-refractivity contribution in [1.29, 1.82) is 0 Å². The summed E-state index contributed by atoms with van der Waals surface area (Å²) in [5, 5.41) is 1.89. The topological polar surface area (TPSA) is 46.8 Å². The Balaban J connectivity index is 1.55. The van der Waals surface area contributed by atoms with Crippen molar-refractivity contribution >= 4 is 16.3 Å². The zero-order valence-corrected chi connectivity index (χ0v) is 14.3. The van der Waals surface area contributed by atoms with Crippen LogP contribution in [0.25, 0.3) is 4.96 Å². The maximum atomic E-state index is 12.2. The minimum absolute atomic E-state index is 0.00329. The summed E-state index contributed by atoms with van der Waals surface area (Å²) in [6.45, 7) is 1.57. The molecular formula is C18H19N3O2S. The molecule has 1 saturated carbocycles. The first-order valence-electron chi connectivity index (χ1n) is 8.06. The molecule has 124 valence electrons. The van der Waals surface area contributed by atoms with Gasteiger partial charge in [-0.2, -0.15) is 0 Å². The third-order valence-corrected chi connectivity index (χ3v) is 5.09. The van der Waals surface area contributed by atoms with E-state index in [9.17, 15) is 4.79 Å². The molecule has 0 aliphatic heterocycles. The third kappa shape index (κ3) is 3.20. The zero-order chi connectivity index (χ0) is 16.5. The van der Waals surface area contributed by atoms with Crippen LogP contribution in [0, 0.1) is 0 Å². The number of ether oxygens (including phenoxy) is 1. The largest absolute Gasteiger partial charge is 0.497 e. The fourth-order valence-corrected chi connectivity index (χ4v) is 3.63. The Labute approximate surface area is 144 Å². The van der Waals surface area contributed by atoms with Gasteiger partial charge in [-0.1, -0.05) is 12.1 Å². The second-order valence-electron chi connectivity index (χ2n) is 6.13. The van der Waals surface area contributed by atoms with Crippen molar-refractivity contribution in [2.24, 2.45) is 0 Å². The van der Waals surface area contributed by atoms with E-state index in [0.717, 1.165) is 22.9 Å². The summed E-state index contributed by atoms with van der Waals surface area (Å²) in [5.41, 5.74) is 2.09. The molecule has 1 aromatic carbocycles. The van der Waals surface area contributed by atoms with Gasteiger partial charge in [0.05, 0.1) is 12.8 Å². The number of nitrogens with zero attached hydrogens (tertiary/aromatic N) is 3. The predicted octanol–water partition coefficient (Wildman–Crippen LogP) is 2.93. The first-order chi connectivity index (χ1) is 11.7. The number of rotatable bonds is 6. The highest BCUT2D eigenvalue weighted by molar-refractivity contribution is 7.15. The van der Waals surface area contributed by atoms with Crippen molar-refractivity contribution in [1.82, 2.24) is 14.3 Å². The molecule has 0 N–H and O–H groups in total. The van der Waals surface area contributed by atoms with Crippen LogP contribution in [-0.2, 0) is 13.1 Å². The van der Waals surface area contributed by atoms with Gasteiger partial charge >= 0.3 is 0 Å². The molecule has 0 amide bonds. The van der Waals surface area contributed by atoms with Crippen LogP contribution in [0.4, 0.5) is 0 Å². The minimum Gasteiger partial charge on any atom is -0.497 e. The second-order valence-corrected chi connectivity index (χ2v) is 7.00. The Kier molecular flexibility index (Phi) is 4.08. The number of thiazole rings is 1. The van der Waals surface area contributed by atoms with Crippen LogP contribution in [0.2, 0.25) is 0 Å². The van der Waals surface area contributed by atoms with Gasteiger partial charge in [-0.25, -0.2) is 4.98 Å². The van der Waals surface area contributed by atoms with E-state index >= 15 is 0 Å². The van der Waals surface area contributed by atoms with Crippen LogP contribution < -0.4 is 10.3 Å². The molecule has 4 rings (SSSR count). The number of aromatic nitrogens is 2. The Bertz CT molecular complexity index is 897. The van der Waals surface area contributed by atoms with Gasteiger partial charge in [0, 0.05) is 36.8 Å². The van der Waals surface area contributed by atoms with Crippen molar-refractivity contribution in [3.05, 3.63) is 63.5 Å². The van der Waals surface area contributed by atoms with E-state index in [-0.39, 0.29) is 5.56 Å². The van der Waals surface area contributed by atoms with Crippen LogP contribution in [0.5, 0.6) is 5.75 Å². The lowest BCUT2D eigenvalue weighted by atomic mass is 10.2. The first-order valence-corrected chi connectivity index (χ1v) is 8.93. The molecule has 5 nitrogen and oxygen atoms in total. The molecule has 2 heterocycles. The zero-order valence-electron chi connectivity index (χ0n) is 13.5. The van der Waals surface area contributed by atoms with Crippen LogP contribution in [0.1, 0.15) is 24.1 Å². The number of hydrogen-bond donors (Lipinski definition) is 0. The third-order valence-electron chi connectivity index (χ3n) is 4.33. The number of methoxy groups -OCH3 is 1. The average Bonchev–Trinajstić information content (AvgIpc) is 3.33. The molecule has 1 aliphatic rings. The molecule has 1 aliphatic carbocycles. The molecule has 0 bridgehead atoms. The van der Waals surface area contributed by atoms with E-state index in [4.69, 9.17) is 4.74 Å². The van der Waals surface area contributed by atoms with Crippen LogP contribution in [0.3, 0.4) is 0 Å². The average molecular weight is 341 g/mol. The van der Waals surface area contributed by atoms with Crippen molar-refractivity contribution in [2.45, 2.75) is 32.0 Å². The van der Waals surface area contributed by atoms with Crippen molar-refractivity contribution in [3.8, 4) is 5.75 Å². The Morgan fingerprint density at radius 1 is 1.29 bits per heavy atom. The van der Waals surface area contributed by atoms with E-state index in [1.54, 1.807) is 23.8 Å². The standard InChI is InChI=1S/C18H19N3O2S/c1-23-16-6-2-13(3-7-16)11-20(15-4-5-15)12-14-10-17(22)21-8-9-24-18(21)19-14/h2-3,6-10,15H,4-5,11-12H2,1H3. The Morgan fingerprint density at radius 2 is 2.08 bits per heavy atom. The monoisotopic (exact) mass is 341 g/mol. The summed E-state index contributed by atoms with van der Waals surface area (Å²) >= 11 is 1.49. The van der Waals surface area contributed by atoms with Gasteiger partial charge in [0.2, 0.25) is 0 Å². The fraction of sp³-hybridized carbons (Fsp3) is 0.333. The molecular weight excluding hydrogens is 322 g/mol. The van der Waals surface area contributed by atoms with E-state index in [0.29, 0.717) is 12.6 Å². The SMILES string of the molecule is COc1ccc(CN(Cc2cc(=O)n3ccsc3n2)C2CC2)cc1. The molecule has 2 aromatic heterocycles. The van der Waals surface area contributed by atoms with Gasteiger partial charge in [0.25, 0.3) is 5.56 Å². The highest BCUT2D eigenvalue weighted by Crippen LogP contribution is 2.30. The molecule has 0 atom stereocenters. The predicted molar refractivity (Wildman–Crippen MR) is 94.6 cm³/mol. The first kappa shape index (κ1) is 15.4. The smallest absolute Gasteiger partial charge is 0.258 e. The summed E-state index contributed by atoms with van der Waals surface area (Å²) in [4.78, 5) is 20.0. The van der Waals surface area contributed by atoms with Gasteiger partial charge < -0.3 is 4.74 Å². The Hall–Kier alpha value is -2.18. The molecule has 6 heteroatoms. The highest BCUT2D eigenvalue weighted by Gasteiger charge is 2.29. The minimum atomic E-state index is -0.00329. The van der Waals surface area contributed by atoms with Gasteiger partial charge in [-0.05, 0) is 30.5 Å². The summed E-state index contributed by atoms with van der Waals surface area (Å²) in [5.74, 6) is 0.870. The summed E-state index contributed by atoms with van der Waals surface area (Å²) in [6.07, 6.45) is 4.21. The molecule has 0 unspecified atom stereocenters. The lowest BCUT2D eigenvalue weighted by molar-refractivity contribution is 0.242. The fourth-order valence-electron chi connectivity index (χ4n) is 2.90. The normalized spacial score (nSPS) is 14.4. The van der Waals surface area contributed by atoms with E-state index in [2.05, 4.69) is 22.0 Å². The molecule has 3 aromatic rings. The second kappa shape index (κ2) is 6.37. The number of hydrogen-bond acceptors (Lipinski definition) is 5. The van der Waals surface area contributed by atoms with Gasteiger partial charge in [0.1, 0.15) is 5.75 Å². The van der Waals surface area contributed by atoms with Crippen molar-refractivity contribution < 1.29 is 4.74 Å². The van der Waals surface area contributed by atoms with Crippen molar-refractivity contribution in [2.75, 3.05) is 7.11 Å². The van der Waals surface area contributed by atoms with E-state index in [1.165, 1.54) is 29.7 Å². The van der Waals surface area contributed by atoms with Gasteiger partial charge in [0.15, 0.2) is 4.96 Å². The molecule has 0 radical (unpaired) electrons. The number of fused-ring (bicyclic) bond motifs is 1. The summed E-state index contributed by atoms with van der Waals surface area (Å²) < 4.78 is 6.81. The van der Waals surface area contributed by atoms with E-state index in [1.807, 2.05) is 17.5 Å². The van der Waals surface area contributed by atoms with E-state index < -0.39 is 0 Å². The van der Waals surface area contributed by atoms with Crippen LogP contribution in [0.15, 0.2) is 46.7 Å². The van der Waals surface area contributed by atoms with Crippen LogP contribution >= 0.6 is 11.3 Å². The lowest BCUT2D eigenvalue weighted by Crippen LogP contribution is -2.26. The highest BCUT2D eigenvalue weighted by atomic mass is 32.1. The van der Waals surface area contributed by atoms with Crippen molar-refractivity contribution in [3.63, 3.8) is 0 Å². The van der Waals surface area contributed by atoms with Gasteiger partial charge in [-0.15, -0.1) is 11.3 Å². The van der Waals surface area contributed by atoms with Crippen LogP contribution in [-0.4, -0.2) is 27.4 Å². The lowest BCUT2D eigenvalue weighted by Gasteiger charge is -2.21. The maximum absolute atomic E-state index is 12.2. The summed E-state index contributed by atoms with van der Waals surface area (Å²) in [7, 11) is 1.68. The van der Waals surface area contributed by atoms with Gasteiger partial charge in [-0.3, -0.25) is 14.1 Å². The Morgan fingerprint density at radius 3 is 2.79 bits per heavy atom.